The van der Waals surface area contributed by atoms with Crippen LogP contribution in [0.4, 0.5) is 5.69 Å². The molecule has 1 aliphatic heterocycles. The molecule has 0 saturated carbocycles. The van der Waals surface area contributed by atoms with Gasteiger partial charge >= 0.3 is 0 Å². The zero-order chi connectivity index (χ0) is 20.4. The number of aryl methyl sites for hydroxylation is 2. The smallest absolute Gasteiger partial charge is 0.255 e. The Bertz CT molecular complexity index is 985. The first-order chi connectivity index (χ1) is 13.3. The second kappa shape index (κ2) is 7.90. The van der Waals surface area contributed by atoms with Crippen LogP contribution in [0.25, 0.3) is 0 Å². The van der Waals surface area contributed by atoms with Gasteiger partial charge in [0.15, 0.2) is 16.6 Å². The molecule has 0 aromatic heterocycles. The Morgan fingerprint density at radius 2 is 1.93 bits per heavy atom. The molecule has 0 aliphatic carbocycles. The Labute approximate surface area is 169 Å². The quantitative estimate of drug-likeness (QED) is 0.592. The first-order valence-electron chi connectivity index (χ1n) is 8.84. The monoisotopic (exact) mass is 397 g/mol. The van der Waals surface area contributed by atoms with Gasteiger partial charge in [-0.1, -0.05) is 23.8 Å². The number of aromatic hydroxyl groups is 1. The van der Waals surface area contributed by atoms with Gasteiger partial charge in [-0.15, -0.1) is 0 Å². The van der Waals surface area contributed by atoms with Crippen LogP contribution in [0.3, 0.4) is 0 Å². The Kier molecular flexibility index (Phi) is 5.56. The van der Waals surface area contributed by atoms with Gasteiger partial charge in [0.25, 0.3) is 5.91 Å². The van der Waals surface area contributed by atoms with Gasteiger partial charge in [0.1, 0.15) is 0 Å². The fourth-order valence-corrected chi connectivity index (χ4v) is 3.53. The van der Waals surface area contributed by atoms with Crippen molar-refractivity contribution in [3.05, 3.63) is 64.4 Å². The molecule has 3 rings (SSSR count). The Balaban J connectivity index is 1.98. The van der Waals surface area contributed by atoms with E-state index in [9.17, 15) is 9.90 Å². The van der Waals surface area contributed by atoms with Crippen LogP contribution < -0.4 is 20.7 Å². The topological polar surface area (TPSA) is 82.6 Å². The normalized spacial score (nSPS) is 16.3. The highest BCUT2D eigenvalue weighted by Gasteiger charge is 2.30. The molecule has 28 heavy (non-hydrogen) atoms. The van der Waals surface area contributed by atoms with Gasteiger partial charge in [-0.3, -0.25) is 4.79 Å². The summed E-state index contributed by atoms with van der Waals surface area (Å²) in [6.07, 6.45) is 0. The highest BCUT2D eigenvalue weighted by Crippen LogP contribution is 2.34. The molecular weight excluding hydrogens is 374 g/mol. The maximum atomic E-state index is 13.2. The predicted molar refractivity (Wildman–Crippen MR) is 114 cm³/mol. The maximum absolute atomic E-state index is 13.2. The van der Waals surface area contributed by atoms with E-state index in [1.165, 1.54) is 13.2 Å². The van der Waals surface area contributed by atoms with E-state index in [0.717, 1.165) is 22.4 Å². The molecule has 0 bridgehead atoms. The lowest BCUT2D eigenvalue weighted by Crippen LogP contribution is -2.45. The molecule has 1 atom stereocenters. The van der Waals surface area contributed by atoms with Crippen molar-refractivity contribution in [2.24, 2.45) is 0 Å². The van der Waals surface area contributed by atoms with Gasteiger partial charge in [0, 0.05) is 11.4 Å². The van der Waals surface area contributed by atoms with Crippen molar-refractivity contribution < 1.29 is 14.6 Å². The Morgan fingerprint density at radius 1 is 1.18 bits per heavy atom. The van der Waals surface area contributed by atoms with Crippen LogP contribution in [0.5, 0.6) is 11.5 Å². The summed E-state index contributed by atoms with van der Waals surface area (Å²) >= 11 is 5.28. The molecule has 0 radical (unpaired) electrons. The molecule has 1 aliphatic rings. The molecule has 0 spiro atoms. The van der Waals surface area contributed by atoms with Gasteiger partial charge in [0.2, 0.25) is 0 Å². The van der Waals surface area contributed by atoms with E-state index in [1.807, 2.05) is 39.0 Å². The third kappa shape index (κ3) is 3.94. The van der Waals surface area contributed by atoms with Crippen LogP contribution in [-0.4, -0.2) is 23.2 Å². The van der Waals surface area contributed by atoms with Crippen LogP contribution >= 0.6 is 12.2 Å². The number of carbonyl (C=O) groups is 1. The second-order valence-electron chi connectivity index (χ2n) is 6.77. The van der Waals surface area contributed by atoms with E-state index >= 15 is 0 Å². The van der Waals surface area contributed by atoms with Crippen molar-refractivity contribution >= 4 is 28.9 Å². The van der Waals surface area contributed by atoms with E-state index in [2.05, 4.69) is 16.0 Å². The van der Waals surface area contributed by atoms with Crippen molar-refractivity contribution in [2.45, 2.75) is 26.8 Å². The number of ether oxygens (including phenoxy) is 1. The third-order valence-corrected chi connectivity index (χ3v) is 4.90. The van der Waals surface area contributed by atoms with E-state index in [0.29, 0.717) is 22.1 Å². The van der Waals surface area contributed by atoms with Gasteiger partial charge in [-0.25, -0.2) is 0 Å². The first-order valence-corrected chi connectivity index (χ1v) is 9.24. The molecule has 6 nitrogen and oxygen atoms in total. The largest absolute Gasteiger partial charge is 0.504 e. The van der Waals surface area contributed by atoms with E-state index in [1.54, 1.807) is 12.1 Å². The molecule has 0 saturated heterocycles. The number of phenolic OH excluding ortho intramolecular Hbond substituents is 1. The van der Waals surface area contributed by atoms with Gasteiger partial charge in [-0.2, -0.15) is 0 Å². The second-order valence-corrected chi connectivity index (χ2v) is 7.18. The number of methoxy groups -OCH3 is 1. The van der Waals surface area contributed by atoms with Crippen LogP contribution in [0.15, 0.2) is 47.7 Å². The summed E-state index contributed by atoms with van der Waals surface area (Å²) in [7, 11) is 1.48. The average molecular weight is 398 g/mol. The van der Waals surface area contributed by atoms with Crippen molar-refractivity contribution in [1.29, 1.82) is 0 Å². The van der Waals surface area contributed by atoms with Crippen LogP contribution in [0.1, 0.15) is 29.7 Å². The minimum absolute atomic E-state index is 0.0322. The standard InChI is InChI=1S/C21H23N3O3S/c1-11-5-7-15(12(2)9-11)23-20(26)18-13(3)22-21(28)24-19(18)14-6-8-16(25)17(10-14)27-4/h5-10,19,25H,1-4H3,(H,23,26)(H2,22,24,28)/t19-/m1/s1. The first kappa shape index (κ1) is 19.7. The lowest BCUT2D eigenvalue weighted by molar-refractivity contribution is -0.113. The molecule has 0 unspecified atom stereocenters. The summed E-state index contributed by atoms with van der Waals surface area (Å²) in [5.41, 5.74) is 4.81. The van der Waals surface area contributed by atoms with Gasteiger partial charge < -0.3 is 25.8 Å². The van der Waals surface area contributed by atoms with Crippen LogP contribution in [0, 0.1) is 13.8 Å². The number of phenols is 1. The van der Waals surface area contributed by atoms with Gasteiger partial charge in [0.05, 0.1) is 18.7 Å². The number of benzene rings is 2. The molecule has 2 aromatic rings. The molecule has 1 amide bonds. The number of rotatable bonds is 4. The molecule has 7 heteroatoms. The molecule has 146 valence electrons. The summed E-state index contributed by atoms with van der Waals surface area (Å²) in [6.45, 7) is 5.78. The fraction of sp³-hybridized carbons (Fsp3) is 0.238. The third-order valence-electron chi connectivity index (χ3n) is 4.68. The van der Waals surface area contributed by atoms with Crippen molar-refractivity contribution in [1.82, 2.24) is 10.6 Å². The predicted octanol–water partition coefficient (Wildman–Crippen LogP) is 3.45. The van der Waals surface area contributed by atoms with E-state index in [-0.39, 0.29) is 11.7 Å². The van der Waals surface area contributed by atoms with E-state index < -0.39 is 6.04 Å². The molecule has 0 fully saturated rings. The number of carbonyl (C=O) groups excluding carboxylic acids is 1. The summed E-state index contributed by atoms with van der Waals surface area (Å²) in [5, 5.41) is 19.5. The number of hydrogen-bond acceptors (Lipinski definition) is 4. The lowest BCUT2D eigenvalue weighted by Gasteiger charge is -2.30. The summed E-state index contributed by atoms with van der Waals surface area (Å²) in [6, 6.07) is 10.4. The number of hydrogen-bond donors (Lipinski definition) is 4. The summed E-state index contributed by atoms with van der Waals surface area (Å²) < 4.78 is 5.21. The SMILES string of the molecule is COc1cc([C@H]2NC(=S)NC(C)=C2C(=O)Nc2ccc(C)cc2C)ccc1O. The Morgan fingerprint density at radius 3 is 2.61 bits per heavy atom. The fourth-order valence-electron chi connectivity index (χ4n) is 3.26. The average Bonchev–Trinajstić information content (AvgIpc) is 2.63. The van der Waals surface area contributed by atoms with Crippen LogP contribution in [-0.2, 0) is 4.79 Å². The van der Waals surface area contributed by atoms with Gasteiger partial charge in [-0.05, 0) is 62.3 Å². The highest BCUT2D eigenvalue weighted by molar-refractivity contribution is 7.80. The number of amides is 1. The van der Waals surface area contributed by atoms with Crippen molar-refractivity contribution in [2.75, 3.05) is 12.4 Å². The zero-order valence-corrected chi connectivity index (χ0v) is 17.0. The number of thiocarbonyl (C=S) groups is 1. The summed E-state index contributed by atoms with van der Waals surface area (Å²) in [5.74, 6) is 0.129. The van der Waals surface area contributed by atoms with Crippen molar-refractivity contribution in [3.8, 4) is 11.5 Å². The van der Waals surface area contributed by atoms with Crippen LogP contribution in [0.2, 0.25) is 0 Å². The summed E-state index contributed by atoms with van der Waals surface area (Å²) in [4.78, 5) is 13.2. The molecular formula is C21H23N3O3S. The lowest BCUT2D eigenvalue weighted by atomic mass is 9.94. The molecule has 4 N–H and O–H groups in total. The number of anilines is 1. The molecule has 1 heterocycles. The number of allylic oxidation sites excluding steroid dienone is 1. The maximum Gasteiger partial charge on any atom is 0.255 e. The minimum atomic E-state index is -0.478. The molecule has 2 aromatic carbocycles. The zero-order valence-electron chi connectivity index (χ0n) is 16.2. The highest BCUT2D eigenvalue weighted by atomic mass is 32.1. The Hall–Kier alpha value is -3.06. The van der Waals surface area contributed by atoms with Crippen molar-refractivity contribution in [3.63, 3.8) is 0 Å². The minimum Gasteiger partial charge on any atom is -0.504 e. The van der Waals surface area contributed by atoms with E-state index in [4.69, 9.17) is 17.0 Å². The number of nitrogens with one attached hydrogen (secondary N) is 3.